The molecule has 1 aromatic carbocycles. The van der Waals surface area contributed by atoms with Gasteiger partial charge in [-0.2, -0.15) is 0 Å². The first-order chi connectivity index (χ1) is 22.4. The van der Waals surface area contributed by atoms with E-state index in [0.29, 0.717) is 50.6 Å². The Morgan fingerprint density at radius 2 is 1.67 bits per heavy atom. The van der Waals surface area contributed by atoms with Gasteiger partial charge in [0.2, 0.25) is 5.91 Å². The highest BCUT2D eigenvalue weighted by atomic mass is 19.1. The van der Waals surface area contributed by atoms with E-state index in [2.05, 4.69) is 23.6 Å². The second-order valence-corrected chi connectivity index (χ2v) is 15.5. The van der Waals surface area contributed by atoms with Gasteiger partial charge in [-0.15, -0.1) is 0 Å². The summed E-state index contributed by atoms with van der Waals surface area (Å²) in [6, 6.07) is 5.05. The van der Waals surface area contributed by atoms with Crippen LogP contribution in [0.3, 0.4) is 0 Å². The van der Waals surface area contributed by atoms with Crippen molar-refractivity contribution in [3.63, 3.8) is 0 Å². The minimum atomic E-state index is -0.722. The van der Waals surface area contributed by atoms with E-state index in [9.17, 15) is 23.2 Å². The van der Waals surface area contributed by atoms with Gasteiger partial charge in [0.15, 0.2) is 0 Å². The number of amides is 2. The van der Waals surface area contributed by atoms with Gasteiger partial charge < -0.3 is 23.8 Å². The number of anilines is 1. The number of aromatic nitrogens is 1. The van der Waals surface area contributed by atoms with E-state index in [1.54, 1.807) is 27.5 Å². The molecule has 3 aliphatic heterocycles. The van der Waals surface area contributed by atoms with E-state index in [0.717, 1.165) is 11.8 Å². The molecule has 10 nitrogen and oxygen atoms in total. The van der Waals surface area contributed by atoms with Crippen molar-refractivity contribution in [2.24, 2.45) is 7.05 Å². The average Bonchev–Trinajstić information content (AvgIpc) is 3.25. The van der Waals surface area contributed by atoms with Crippen LogP contribution < -0.4 is 10.5 Å². The van der Waals surface area contributed by atoms with Gasteiger partial charge in [-0.3, -0.25) is 19.4 Å². The second kappa shape index (κ2) is 13.5. The van der Waals surface area contributed by atoms with Crippen LogP contribution in [0.2, 0.25) is 0 Å². The van der Waals surface area contributed by atoms with Crippen molar-refractivity contribution >= 4 is 17.7 Å². The molecule has 0 aliphatic carbocycles. The predicted molar refractivity (Wildman–Crippen MR) is 180 cm³/mol. The number of benzene rings is 1. The van der Waals surface area contributed by atoms with E-state index in [1.807, 2.05) is 41.5 Å². The number of halogens is 2. The van der Waals surface area contributed by atoms with Gasteiger partial charge in [-0.05, 0) is 59.2 Å². The lowest BCUT2D eigenvalue weighted by Crippen LogP contribution is -2.65. The minimum Gasteiger partial charge on any atom is -0.444 e. The van der Waals surface area contributed by atoms with Crippen LogP contribution in [-0.4, -0.2) is 107 Å². The molecule has 2 saturated heterocycles. The van der Waals surface area contributed by atoms with Crippen LogP contribution in [0.5, 0.6) is 0 Å². The van der Waals surface area contributed by atoms with Gasteiger partial charge in [0, 0.05) is 80.9 Å². The zero-order valence-electron chi connectivity index (χ0n) is 29.8. The van der Waals surface area contributed by atoms with Crippen molar-refractivity contribution in [1.29, 1.82) is 0 Å². The first-order valence-corrected chi connectivity index (χ1v) is 16.9. The molecule has 0 saturated carbocycles. The lowest BCUT2D eigenvalue weighted by Gasteiger charge is -2.48. The monoisotopic (exact) mass is 671 g/mol. The molecule has 1 aromatic heterocycles. The molecule has 0 radical (unpaired) electrons. The standard InChI is InChI=1S/C36H51F2N5O5/c1-22-15-40(28(16-41-23(2)19-47-20-24(41)3)17-42(22)34(46)48-35(4,5)6)18-31(44)43-21-36(7,8)32-30(43)13-26(33(45)39(32)9)12-25-10-11-27(37)14-29(25)38/h10-11,13-14,22-24,28H,12,15-21H2,1-9H3/t22-,23-,24-,28+/m1/s1. The van der Waals surface area contributed by atoms with E-state index in [-0.39, 0.29) is 60.3 Å². The Hall–Kier alpha value is -3.35. The van der Waals surface area contributed by atoms with Gasteiger partial charge in [-0.25, -0.2) is 13.6 Å². The molecule has 2 amide bonds. The van der Waals surface area contributed by atoms with Crippen molar-refractivity contribution < 1.29 is 27.8 Å². The number of hydrogen-bond acceptors (Lipinski definition) is 7. The Morgan fingerprint density at radius 1 is 1.00 bits per heavy atom. The largest absolute Gasteiger partial charge is 0.444 e. The first-order valence-electron chi connectivity index (χ1n) is 16.9. The fourth-order valence-corrected chi connectivity index (χ4v) is 7.51. The molecule has 0 spiro atoms. The van der Waals surface area contributed by atoms with Crippen molar-refractivity contribution in [2.75, 3.05) is 50.8 Å². The summed E-state index contributed by atoms with van der Waals surface area (Å²) in [6.07, 6.45) is -0.397. The molecule has 0 unspecified atom stereocenters. The van der Waals surface area contributed by atoms with Crippen molar-refractivity contribution in [3.05, 3.63) is 63.1 Å². The summed E-state index contributed by atoms with van der Waals surface area (Å²) in [5, 5.41) is 0. The highest BCUT2D eigenvalue weighted by Gasteiger charge is 2.44. The molecule has 4 heterocycles. The molecule has 2 fully saturated rings. The molecule has 12 heteroatoms. The van der Waals surface area contributed by atoms with Gasteiger partial charge >= 0.3 is 6.09 Å². The summed E-state index contributed by atoms with van der Waals surface area (Å²) in [6.45, 7) is 19.1. The quantitative estimate of drug-likeness (QED) is 0.453. The third-order valence-corrected chi connectivity index (χ3v) is 9.84. The smallest absolute Gasteiger partial charge is 0.410 e. The van der Waals surface area contributed by atoms with Crippen LogP contribution in [-0.2, 0) is 33.2 Å². The lowest BCUT2D eigenvalue weighted by atomic mass is 9.90. The van der Waals surface area contributed by atoms with Gasteiger partial charge in [0.05, 0.1) is 31.1 Å². The number of carbonyl (C=O) groups is 2. The molecular formula is C36H51F2N5O5. The molecule has 2 aromatic rings. The van der Waals surface area contributed by atoms with Gasteiger partial charge in [0.1, 0.15) is 17.2 Å². The molecule has 4 atom stereocenters. The molecule has 3 aliphatic rings. The zero-order chi connectivity index (χ0) is 35.3. The molecular weight excluding hydrogens is 620 g/mol. The molecule has 48 heavy (non-hydrogen) atoms. The predicted octanol–water partition coefficient (Wildman–Crippen LogP) is 4.30. The van der Waals surface area contributed by atoms with E-state index in [4.69, 9.17) is 9.47 Å². The summed E-state index contributed by atoms with van der Waals surface area (Å²) in [4.78, 5) is 49.2. The van der Waals surface area contributed by atoms with Crippen molar-refractivity contribution in [1.82, 2.24) is 19.3 Å². The van der Waals surface area contributed by atoms with Crippen LogP contribution in [0.25, 0.3) is 0 Å². The van der Waals surface area contributed by atoms with Crippen LogP contribution in [0.1, 0.15) is 72.2 Å². The van der Waals surface area contributed by atoms with E-state index in [1.165, 1.54) is 12.1 Å². The number of rotatable bonds is 6. The van der Waals surface area contributed by atoms with Crippen molar-refractivity contribution in [3.8, 4) is 0 Å². The zero-order valence-corrected chi connectivity index (χ0v) is 29.8. The topological polar surface area (TPSA) is 87.6 Å². The van der Waals surface area contributed by atoms with Crippen molar-refractivity contribution in [2.45, 2.75) is 97.0 Å². The second-order valence-electron chi connectivity index (χ2n) is 15.5. The maximum Gasteiger partial charge on any atom is 0.410 e. The fourth-order valence-electron chi connectivity index (χ4n) is 7.51. The number of piperazine rings is 1. The van der Waals surface area contributed by atoms with Gasteiger partial charge in [0.25, 0.3) is 5.56 Å². The summed E-state index contributed by atoms with van der Waals surface area (Å²) >= 11 is 0. The summed E-state index contributed by atoms with van der Waals surface area (Å²) < 4.78 is 41.3. The molecule has 0 N–H and O–H groups in total. The lowest BCUT2D eigenvalue weighted by molar-refractivity contribution is -0.122. The number of pyridine rings is 1. The number of morpholine rings is 1. The number of nitrogens with zero attached hydrogens (tertiary/aromatic N) is 5. The number of fused-ring (bicyclic) bond motifs is 1. The van der Waals surface area contributed by atoms with E-state index >= 15 is 0 Å². The average molecular weight is 672 g/mol. The normalized spacial score (nSPS) is 24.9. The summed E-state index contributed by atoms with van der Waals surface area (Å²) in [7, 11) is 1.68. The van der Waals surface area contributed by atoms with Crippen LogP contribution in [0.4, 0.5) is 19.3 Å². The third-order valence-electron chi connectivity index (χ3n) is 9.84. The Kier molecular flexibility index (Phi) is 10.1. The highest BCUT2D eigenvalue weighted by molar-refractivity contribution is 5.97. The minimum absolute atomic E-state index is 0.0311. The molecule has 5 rings (SSSR count). The Bertz CT molecular complexity index is 1590. The van der Waals surface area contributed by atoms with Crippen LogP contribution in [0, 0.1) is 11.6 Å². The molecule has 0 bridgehead atoms. The van der Waals surface area contributed by atoms with Crippen LogP contribution in [0.15, 0.2) is 29.1 Å². The first kappa shape index (κ1) is 35.9. The Morgan fingerprint density at radius 3 is 2.29 bits per heavy atom. The maximum atomic E-state index is 14.6. The van der Waals surface area contributed by atoms with E-state index < -0.39 is 22.7 Å². The molecule has 264 valence electrons. The Labute approximate surface area is 282 Å². The third kappa shape index (κ3) is 7.45. The highest BCUT2D eigenvalue weighted by Crippen LogP contribution is 2.40. The number of hydrogen-bond donors (Lipinski definition) is 0. The van der Waals surface area contributed by atoms with Gasteiger partial charge in [-0.1, -0.05) is 19.9 Å². The maximum absolute atomic E-state index is 14.6. The van der Waals surface area contributed by atoms with Crippen LogP contribution >= 0.6 is 0 Å². The number of carbonyl (C=O) groups excluding carboxylic acids is 2. The SMILES string of the molecule is C[C@@H]1CN(CC(=O)N2CC(C)(C)c3c2cc(Cc2ccc(F)cc2F)c(=O)n3C)[C@@H](CN2[C@H](C)COC[C@H]2C)CN1C(=O)OC(C)(C)C. The fraction of sp³-hybridized carbons (Fsp3) is 0.639. The Balaban J connectivity index is 1.44. The summed E-state index contributed by atoms with van der Waals surface area (Å²) in [5.41, 5.74) is 0.459. The number of ether oxygens (including phenoxy) is 2. The summed E-state index contributed by atoms with van der Waals surface area (Å²) in [5.74, 6) is -1.53.